The molecule has 3 heterocycles. The molecular formula is C26H44O5. The maximum absolute atomic E-state index is 7.36. The Balaban J connectivity index is 1.47. The molecule has 0 radical (unpaired) electrons. The Hall–Kier alpha value is -0.200. The largest absolute Gasteiger partial charge is 0.365 e. The van der Waals surface area contributed by atoms with E-state index >= 15 is 0 Å². The van der Waals surface area contributed by atoms with Crippen molar-refractivity contribution < 1.29 is 23.7 Å². The summed E-state index contributed by atoms with van der Waals surface area (Å²) in [5, 5.41) is 0. The lowest BCUT2D eigenvalue weighted by atomic mass is 9.43. The third-order valence-electron chi connectivity index (χ3n) is 10.1. The summed E-state index contributed by atoms with van der Waals surface area (Å²) in [7, 11) is 0. The summed E-state index contributed by atoms with van der Waals surface area (Å²) in [6, 6.07) is 0. The number of ether oxygens (including phenoxy) is 5. The van der Waals surface area contributed by atoms with Crippen LogP contribution in [0.2, 0.25) is 0 Å². The second kappa shape index (κ2) is 6.91. The smallest absolute Gasteiger partial charge is 0.163 e. The molecule has 2 spiro atoms. The van der Waals surface area contributed by atoms with Gasteiger partial charge in [-0.05, 0) is 78.1 Å². The number of fused-ring (bicyclic) bond motifs is 4. The minimum atomic E-state index is -0.525. The molecule has 3 aliphatic heterocycles. The van der Waals surface area contributed by atoms with Crippen molar-refractivity contribution in [1.82, 2.24) is 0 Å². The lowest BCUT2D eigenvalue weighted by molar-refractivity contribution is -0.359. The third kappa shape index (κ3) is 3.28. The molecule has 5 aliphatic rings. The molecular weight excluding hydrogens is 392 g/mol. The van der Waals surface area contributed by atoms with Gasteiger partial charge in [0.1, 0.15) is 0 Å². The van der Waals surface area contributed by atoms with Crippen molar-refractivity contribution in [2.75, 3.05) is 19.8 Å². The van der Waals surface area contributed by atoms with Gasteiger partial charge in [-0.3, -0.25) is 0 Å². The molecule has 3 saturated heterocycles. The van der Waals surface area contributed by atoms with E-state index in [0.29, 0.717) is 25.0 Å². The highest BCUT2D eigenvalue weighted by Gasteiger charge is 2.70. The van der Waals surface area contributed by atoms with E-state index in [0.717, 1.165) is 38.7 Å². The van der Waals surface area contributed by atoms with Crippen molar-refractivity contribution in [1.29, 1.82) is 0 Å². The van der Waals surface area contributed by atoms with E-state index in [1.165, 1.54) is 12.8 Å². The second-order valence-corrected chi connectivity index (χ2v) is 12.7. The van der Waals surface area contributed by atoms with Crippen LogP contribution in [-0.4, -0.2) is 48.7 Å². The SMILES string of the molecule is CC1CCC2C3(C)COC(C)(C)OC3CCC2(C)C12CCC1(CCOC(C)(C)OC1)O2. The van der Waals surface area contributed by atoms with Gasteiger partial charge < -0.3 is 23.7 Å². The van der Waals surface area contributed by atoms with Crippen LogP contribution < -0.4 is 0 Å². The lowest BCUT2D eigenvalue weighted by Crippen LogP contribution is -2.69. The number of rotatable bonds is 0. The molecule has 0 aromatic heterocycles. The average Bonchev–Trinajstić information content (AvgIpc) is 3.00. The highest BCUT2D eigenvalue weighted by Crippen LogP contribution is 2.69. The summed E-state index contributed by atoms with van der Waals surface area (Å²) in [5.74, 6) is 0.0890. The van der Waals surface area contributed by atoms with Crippen LogP contribution in [-0.2, 0) is 23.7 Å². The molecule has 7 unspecified atom stereocenters. The second-order valence-electron chi connectivity index (χ2n) is 12.7. The van der Waals surface area contributed by atoms with Gasteiger partial charge in [0, 0.05) is 17.3 Å². The van der Waals surface area contributed by atoms with Crippen LogP contribution in [0.4, 0.5) is 0 Å². The zero-order valence-electron chi connectivity index (χ0n) is 20.8. The van der Waals surface area contributed by atoms with Gasteiger partial charge in [-0.25, -0.2) is 0 Å². The van der Waals surface area contributed by atoms with Crippen LogP contribution in [0.15, 0.2) is 0 Å². The summed E-state index contributed by atoms with van der Waals surface area (Å²) < 4.78 is 32.3. The Morgan fingerprint density at radius 2 is 1.45 bits per heavy atom. The Morgan fingerprint density at radius 3 is 2.23 bits per heavy atom. The number of hydrogen-bond donors (Lipinski definition) is 0. The van der Waals surface area contributed by atoms with Gasteiger partial charge >= 0.3 is 0 Å². The Morgan fingerprint density at radius 1 is 0.710 bits per heavy atom. The minimum absolute atomic E-state index is 0.0415. The van der Waals surface area contributed by atoms with E-state index in [9.17, 15) is 0 Å². The molecule has 5 nitrogen and oxygen atoms in total. The normalized spacial score (nSPS) is 53.7. The number of hydrogen-bond acceptors (Lipinski definition) is 5. The zero-order valence-corrected chi connectivity index (χ0v) is 20.8. The van der Waals surface area contributed by atoms with Crippen molar-refractivity contribution in [2.45, 2.75) is 122 Å². The Kier molecular flexibility index (Phi) is 5.04. The van der Waals surface area contributed by atoms with Crippen molar-refractivity contribution in [3.63, 3.8) is 0 Å². The summed E-state index contributed by atoms with van der Waals surface area (Å²) in [6.45, 7) is 17.7. The molecule has 0 N–H and O–H groups in total. The maximum Gasteiger partial charge on any atom is 0.163 e. The monoisotopic (exact) mass is 436 g/mol. The van der Waals surface area contributed by atoms with Crippen molar-refractivity contribution in [3.8, 4) is 0 Å². The summed E-state index contributed by atoms with van der Waals surface area (Å²) in [4.78, 5) is 0. The quantitative estimate of drug-likeness (QED) is 0.505. The van der Waals surface area contributed by atoms with Gasteiger partial charge in [0.2, 0.25) is 0 Å². The average molecular weight is 437 g/mol. The van der Waals surface area contributed by atoms with Crippen LogP contribution >= 0.6 is 0 Å². The molecule has 31 heavy (non-hydrogen) atoms. The van der Waals surface area contributed by atoms with Crippen molar-refractivity contribution in [2.24, 2.45) is 22.7 Å². The highest BCUT2D eigenvalue weighted by atomic mass is 16.7. The fourth-order valence-electron chi connectivity index (χ4n) is 8.18. The predicted octanol–water partition coefficient (Wildman–Crippen LogP) is 5.45. The summed E-state index contributed by atoms with van der Waals surface area (Å²) in [5.41, 5.74) is -0.156. The molecule has 5 fully saturated rings. The van der Waals surface area contributed by atoms with E-state index in [4.69, 9.17) is 23.7 Å². The predicted molar refractivity (Wildman–Crippen MR) is 119 cm³/mol. The van der Waals surface area contributed by atoms with E-state index in [1.807, 2.05) is 13.8 Å². The van der Waals surface area contributed by atoms with E-state index < -0.39 is 11.6 Å². The molecule has 2 saturated carbocycles. The van der Waals surface area contributed by atoms with Crippen LogP contribution in [0, 0.1) is 22.7 Å². The fourth-order valence-corrected chi connectivity index (χ4v) is 8.18. The first-order chi connectivity index (χ1) is 14.4. The Bertz CT molecular complexity index is 721. The van der Waals surface area contributed by atoms with Gasteiger partial charge in [-0.15, -0.1) is 0 Å². The molecule has 178 valence electrons. The Labute approximate surface area is 188 Å². The summed E-state index contributed by atoms with van der Waals surface area (Å²) >= 11 is 0. The highest BCUT2D eigenvalue weighted by molar-refractivity contribution is 5.18. The molecule has 0 bridgehead atoms. The molecule has 5 heteroatoms. The molecule has 7 atom stereocenters. The van der Waals surface area contributed by atoms with Crippen LogP contribution in [0.3, 0.4) is 0 Å². The van der Waals surface area contributed by atoms with Gasteiger partial charge in [-0.2, -0.15) is 0 Å². The van der Waals surface area contributed by atoms with Crippen LogP contribution in [0.25, 0.3) is 0 Å². The van der Waals surface area contributed by atoms with E-state index in [2.05, 4.69) is 34.6 Å². The van der Waals surface area contributed by atoms with Crippen molar-refractivity contribution in [3.05, 3.63) is 0 Å². The molecule has 0 amide bonds. The third-order valence-corrected chi connectivity index (χ3v) is 10.1. The van der Waals surface area contributed by atoms with E-state index in [-0.39, 0.29) is 28.1 Å². The summed E-state index contributed by atoms with van der Waals surface area (Å²) in [6.07, 6.45) is 8.09. The minimum Gasteiger partial charge on any atom is -0.365 e. The molecule has 5 rings (SSSR count). The molecule has 0 aromatic carbocycles. The maximum atomic E-state index is 7.36. The van der Waals surface area contributed by atoms with Crippen LogP contribution in [0.5, 0.6) is 0 Å². The van der Waals surface area contributed by atoms with E-state index in [1.54, 1.807) is 0 Å². The first-order valence-corrected chi connectivity index (χ1v) is 12.7. The zero-order chi connectivity index (χ0) is 22.3. The van der Waals surface area contributed by atoms with Crippen LogP contribution in [0.1, 0.15) is 93.4 Å². The fraction of sp³-hybridized carbons (Fsp3) is 1.00. The van der Waals surface area contributed by atoms with Crippen molar-refractivity contribution >= 4 is 0 Å². The van der Waals surface area contributed by atoms with Gasteiger partial charge in [-0.1, -0.05) is 20.8 Å². The first kappa shape index (κ1) is 22.6. The molecule has 0 aromatic rings. The lowest BCUT2D eigenvalue weighted by Gasteiger charge is -2.67. The topological polar surface area (TPSA) is 46.2 Å². The standard InChI is InChI=1S/C26H44O5/c1-18-8-9-19-23(6)16-28-22(4,5)30-20(23)10-11-24(19,7)26(18)13-12-25(31-26)14-15-27-21(2,3)29-17-25/h18-20H,8-17H2,1-7H3. The molecule has 2 aliphatic carbocycles. The van der Waals surface area contributed by atoms with Gasteiger partial charge in [0.25, 0.3) is 0 Å². The van der Waals surface area contributed by atoms with Gasteiger partial charge in [0.05, 0.1) is 37.1 Å². The first-order valence-electron chi connectivity index (χ1n) is 12.7. The van der Waals surface area contributed by atoms with Gasteiger partial charge in [0.15, 0.2) is 11.6 Å².